The van der Waals surface area contributed by atoms with E-state index < -0.39 is 0 Å². The third-order valence-corrected chi connectivity index (χ3v) is 9.48. The lowest BCUT2D eigenvalue weighted by Gasteiger charge is -2.40. The summed E-state index contributed by atoms with van der Waals surface area (Å²) in [4.78, 5) is 0. The summed E-state index contributed by atoms with van der Waals surface area (Å²) in [6, 6.07) is 20.1. The molecule has 5 fully saturated rings. The largest absolute Gasteiger partial charge is 0.658 e. The summed E-state index contributed by atoms with van der Waals surface area (Å²) in [5.74, 6) is 1.58. The number of rotatable bonds is 0. The Bertz CT molecular complexity index is 1590. The van der Waals surface area contributed by atoms with Crippen molar-refractivity contribution in [2.75, 3.05) is 50.1 Å². The van der Waals surface area contributed by atoms with Crippen molar-refractivity contribution in [1.29, 1.82) is 0 Å². The first-order chi connectivity index (χ1) is 28.5. The van der Waals surface area contributed by atoms with E-state index in [1.807, 2.05) is 59.5 Å². The summed E-state index contributed by atoms with van der Waals surface area (Å²) in [6.07, 6.45) is 1.95. The monoisotopic (exact) mass is 823 g/mol. The molecule has 0 amide bonds. The van der Waals surface area contributed by atoms with E-state index in [9.17, 15) is 0 Å². The van der Waals surface area contributed by atoms with Gasteiger partial charge in [0.05, 0.1) is 35.6 Å². The predicted molar refractivity (Wildman–Crippen MR) is 239 cm³/mol. The predicted octanol–water partition coefficient (Wildman–Crippen LogP) is 5.96. The van der Waals surface area contributed by atoms with Crippen LogP contribution in [0.5, 0.6) is 11.5 Å². The van der Waals surface area contributed by atoms with E-state index in [0.717, 1.165) is 64.0 Å². The molecule has 7 aliphatic rings. The summed E-state index contributed by atoms with van der Waals surface area (Å²) in [5, 5.41) is 8.92. The van der Waals surface area contributed by atoms with E-state index in [0.29, 0.717) is 0 Å². The van der Waals surface area contributed by atoms with Crippen molar-refractivity contribution in [1.82, 2.24) is 0 Å². The van der Waals surface area contributed by atoms with Crippen molar-refractivity contribution < 1.29 is 55.9 Å². The molecule has 60 heavy (non-hydrogen) atoms. The molecule has 21 heteroatoms. The normalized spacial score (nSPS) is 21.8. The van der Waals surface area contributed by atoms with Crippen LogP contribution in [-0.2, 0) is 46.5 Å². The van der Waals surface area contributed by atoms with Gasteiger partial charge in [0.2, 0.25) is 0 Å². The molecule has 317 valence electrons. The lowest BCUT2D eigenvalue weighted by atomic mass is 9.88. The molecular weight excluding hydrogens is 764 g/mol. The first-order valence-electron chi connectivity index (χ1n) is 20.1. The van der Waals surface area contributed by atoms with Crippen LogP contribution in [0.3, 0.4) is 0 Å². The standard InChI is InChI=1S/C10H8BN2.C7H14BO2.C6H4BO2.C6H12BO2.C5H10BO2.C3H6BO2.C2H4BO2/c1-3-7-4-2-6-9-10(7)8(5-1)12-11-13-9;1-6(2)5-7(3,4)10-8-9-6;1-2-4-6-5(3-1)8-7-9-6;1-5(2)6(3,4)9-7-8-5;1-5(2)3-7-6-8-4-5;1-2-5-4-6-3-1;1-2-5-3-4-1/h1-6,12-13H;5H2,1-4H3;1-4H;1-4H3;3-4H2,1-2H3;1-3H2;1-2H2. The quantitative estimate of drug-likeness (QED) is 0.258. The second kappa shape index (κ2) is 24.1. The summed E-state index contributed by atoms with van der Waals surface area (Å²) in [6.45, 7) is 25.1. The summed E-state index contributed by atoms with van der Waals surface area (Å²) >= 11 is 0. The number of anilines is 2. The third-order valence-electron chi connectivity index (χ3n) is 9.48. The van der Waals surface area contributed by atoms with E-state index in [4.69, 9.17) is 46.5 Å². The van der Waals surface area contributed by atoms with Crippen LogP contribution in [0.15, 0.2) is 60.7 Å². The molecule has 10 rings (SSSR count). The lowest BCUT2D eigenvalue weighted by molar-refractivity contribution is -0.0637. The number of para-hydroxylation sites is 2. The molecular formula is C39H58B7N2O12. The molecule has 14 nitrogen and oxygen atoms in total. The maximum Gasteiger partial charge on any atom is 0.658 e. The smallest absolute Gasteiger partial charge is 0.524 e. The molecule has 0 aliphatic carbocycles. The van der Waals surface area contributed by atoms with E-state index in [1.165, 1.54) is 68.3 Å². The molecule has 0 atom stereocenters. The maximum atomic E-state index is 5.25. The van der Waals surface area contributed by atoms with Gasteiger partial charge in [0.25, 0.3) is 0 Å². The van der Waals surface area contributed by atoms with Gasteiger partial charge in [-0.1, -0.05) is 50.2 Å². The Morgan fingerprint density at radius 2 is 0.917 bits per heavy atom. The molecule has 0 saturated carbocycles. The number of hydrogen-bond donors (Lipinski definition) is 2. The Hall–Kier alpha value is -2.83. The minimum atomic E-state index is -0.188. The third kappa shape index (κ3) is 17.5. The fraction of sp³-hybridized carbons (Fsp3) is 0.590. The van der Waals surface area contributed by atoms with Crippen molar-refractivity contribution in [3.63, 3.8) is 0 Å². The minimum absolute atomic E-state index is 0.0677. The Labute approximate surface area is 362 Å². The average molecular weight is 823 g/mol. The van der Waals surface area contributed by atoms with Gasteiger partial charge in [0, 0.05) is 55.0 Å². The van der Waals surface area contributed by atoms with E-state index in [-0.39, 0.29) is 27.8 Å². The van der Waals surface area contributed by atoms with Gasteiger partial charge in [0.1, 0.15) is 11.5 Å². The van der Waals surface area contributed by atoms with Crippen molar-refractivity contribution in [3.8, 4) is 11.5 Å². The molecule has 0 bridgehead atoms. The van der Waals surface area contributed by atoms with Crippen LogP contribution in [-0.4, -0.2) is 116 Å². The van der Waals surface area contributed by atoms with Crippen molar-refractivity contribution in [2.24, 2.45) is 5.41 Å². The Kier molecular flexibility index (Phi) is 20.0. The van der Waals surface area contributed by atoms with Crippen LogP contribution in [0, 0.1) is 5.41 Å². The molecule has 7 heterocycles. The van der Waals surface area contributed by atoms with Crippen LogP contribution in [0.4, 0.5) is 11.4 Å². The number of hydrogen-bond acceptors (Lipinski definition) is 14. The van der Waals surface area contributed by atoms with Crippen LogP contribution in [0.1, 0.15) is 82.1 Å². The second-order valence-electron chi connectivity index (χ2n) is 17.2. The van der Waals surface area contributed by atoms with Crippen molar-refractivity contribution in [3.05, 3.63) is 60.7 Å². The topological polar surface area (TPSA) is 135 Å². The molecule has 0 aromatic heterocycles. The molecule has 3 aromatic carbocycles. The summed E-state index contributed by atoms with van der Waals surface area (Å²) in [7, 11) is 10.2. The van der Waals surface area contributed by atoms with Crippen molar-refractivity contribution >= 4 is 75.8 Å². The Balaban J connectivity index is 0.000000157. The SMILES string of the molecule is CC1(C)CC(C)(C)O[B]O1.CC1(C)CO[B]OC1.CC1(C)O[B]OC1(C)C.[B]1Nc2cccc3cccc(c23)N1.[B]1OCCCO1.[B]1OCCO1.[B]1Oc2ccccc2O1. The number of benzene rings is 3. The Morgan fingerprint density at radius 3 is 1.25 bits per heavy atom. The zero-order chi connectivity index (χ0) is 43.5. The van der Waals surface area contributed by atoms with Crippen LogP contribution < -0.4 is 19.8 Å². The van der Waals surface area contributed by atoms with Gasteiger partial charge in [-0.2, -0.15) is 0 Å². The highest BCUT2D eigenvalue weighted by atomic mass is 16.7. The van der Waals surface area contributed by atoms with Gasteiger partial charge in [0.15, 0.2) is 0 Å². The second-order valence-corrected chi connectivity index (χ2v) is 17.2. The van der Waals surface area contributed by atoms with Crippen molar-refractivity contribution in [2.45, 2.75) is 104 Å². The first kappa shape index (κ1) is 49.8. The fourth-order valence-electron chi connectivity index (χ4n) is 5.71. The zero-order valence-electron chi connectivity index (χ0n) is 36.9. The molecule has 0 unspecified atom stereocenters. The molecule has 7 aliphatic heterocycles. The maximum absolute atomic E-state index is 5.25. The summed E-state index contributed by atoms with van der Waals surface area (Å²) in [5.41, 5.74) is 2.04. The molecule has 7 radical (unpaired) electrons. The minimum Gasteiger partial charge on any atom is -0.524 e. The lowest BCUT2D eigenvalue weighted by Crippen LogP contribution is -2.45. The van der Waals surface area contributed by atoms with E-state index in [2.05, 4.69) is 97.7 Å². The molecule has 3 aromatic rings. The summed E-state index contributed by atoms with van der Waals surface area (Å²) < 4.78 is 59.3. The van der Waals surface area contributed by atoms with Gasteiger partial charge in [-0.15, -0.1) is 0 Å². The first-order valence-corrected chi connectivity index (χ1v) is 20.1. The van der Waals surface area contributed by atoms with Gasteiger partial charge in [-0.3, -0.25) is 0 Å². The van der Waals surface area contributed by atoms with Gasteiger partial charge in [-0.05, 0) is 91.5 Å². The highest BCUT2D eigenvalue weighted by Gasteiger charge is 2.44. The average Bonchev–Trinajstić information content (AvgIpc) is 4.00. The number of fused-ring (bicyclic) bond motifs is 1. The van der Waals surface area contributed by atoms with Crippen LogP contribution in [0.2, 0.25) is 0 Å². The van der Waals surface area contributed by atoms with Crippen LogP contribution in [0.25, 0.3) is 10.8 Å². The Morgan fingerprint density at radius 1 is 0.467 bits per heavy atom. The van der Waals surface area contributed by atoms with Gasteiger partial charge < -0.3 is 66.3 Å². The van der Waals surface area contributed by atoms with Gasteiger partial charge in [-0.25, -0.2) is 0 Å². The molecule has 5 saturated heterocycles. The van der Waals surface area contributed by atoms with E-state index in [1.54, 1.807) is 0 Å². The fourth-order valence-corrected chi connectivity index (χ4v) is 5.71. The highest BCUT2D eigenvalue weighted by Crippen LogP contribution is 2.34. The van der Waals surface area contributed by atoms with Crippen LogP contribution >= 0.6 is 0 Å². The van der Waals surface area contributed by atoms with E-state index >= 15 is 0 Å². The molecule has 2 N–H and O–H groups in total. The molecule has 0 spiro atoms. The number of nitrogens with one attached hydrogen (secondary N) is 2. The zero-order valence-corrected chi connectivity index (χ0v) is 36.9. The van der Waals surface area contributed by atoms with Gasteiger partial charge >= 0.3 is 53.7 Å². The highest BCUT2D eigenvalue weighted by molar-refractivity contribution is 6.48.